The predicted molar refractivity (Wildman–Crippen MR) is 90.5 cm³/mol. The van der Waals surface area contributed by atoms with E-state index < -0.39 is 0 Å². The van der Waals surface area contributed by atoms with Crippen molar-refractivity contribution in [2.24, 2.45) is 0 Å². The fourth-order valence-corrected chi connectivity index (χ4v) is 2.32. The van der Waals surface area contributed by atoms with Gasteiger partial charge in [0.15, 0.2) is 0 Å². The Kier molecular flexibility index (Phi) is 9.77. The number of aryl methyl sites for hydroxylation is 1. The summed E-state index contributed by atoms with van der Waals surface area (Å²) in [6.45, 7) is 8.16. The molecule has 1 rings (SSSR count). The van der Waals surface area contributed by atoms with Crippen LogP contribution in [0.25, 0.3) is 0 Å². The highest BCUT2D eigenvalue weighted by atomic mass is 16.5. The molecule has 0 aromatic heterocycles. The number of rotatable bonds is 12. The van der Waals surface area contributed by atoms with Crippen molar-refractivity contribution < 1.29 is 9.47 Å². The average molecular weight is 292 g/mol. The molecule has 2 nitrogen and oxygen atoms in total. The van der Waals surface area contributed by atoms with E-state index in [0.717, 1.165) is 37.6 Å². The minimum absolute atomic E-state index is 0.805. The van der Waals surface area contributed by atoms with Gasteiger partial charge in [-0.15, -0.1) is 0 Å². The number of hydrogen-bond donors (Lipinski definition) is 0. The Morgan fingerprint density at radius 3 is 1.57 bits per heavy atom. The molecule has 1 aromatic carbocycles. The van der Waals surface area contributed by atoms with Gasteiger partial charge < -0.3 is 9.47 Å². The van der Waals surface area contributed by atoms with Gasteiger partial charge in [-0.05, 0) is 37.5 Å². The molecule has 0 N–H and O–H groups in total. The van der Waals surface area contributed by atoms with Crippen molar-refractivity contribution in [1.82, 2.24) is 0 Å². The third-order valence-electron chi connectivity index (χ3n) is 3.56. The van der Waals surface area contributed by atoms with Crippen molar-refractivity contribution in [3.63, 3.8) is 0 Å². The lowest BCUT2D eigenvalue weighted by Crippen LogP contribution is -2.00. The van der Waals surface area contributed by atoms with E-state index >= 15 is 0 Å². The van der Waals surface area contributed by atoms with Gasteiger partial charge >= 0.3 is 0 Å². The second-order valence-corrected chi connectivity index (χ2v) is 5.80. The molecule has 0 saturated heterocycles. The number of ether oxygens (including phenoxy) is 2. The van der Waals surface area contributed by atoms with Gasteiger partial charge in [-0.2, -0.15) is 0 Å². The van der Waals surface area contributed by atoms with Gasteiger partial charge in [0.2, 0.25) is 0 Å². The molecule has 0 saturated carbocycles. The van der Waals surface area contributed by atoms with E-state index in [1.54, 1.807) is 0 Å². The Morgan fingerprint density at radius 1 is 0.667 bits per heavy atom. The van der Waals surface area contributed by atoms with Crippen LogP contribution in [0.3, 0.4) is 0 Å². The lowest BCUT2D eigenvalue weighted by atomic mass is 10.2. The maximum absolute atomic E-state index is 5.84. The second kappa shape index (κ2) is 11.5. The number of benzene rings is 1. The highest BCUT2D eigenvalue weighted by Crippen LogP contribution is 2.23. The molecular formula is C19H32O2. The third-order valence-corrected chi connectivity index (χ3v) is 3.56. The molecule has 0 radical (unpaired) electrons. The second-order valence-electron chi connectivity index (χ2n) is 5.80. The summed E-state index contributed by atoms with van der Waals surface area (Å²) in [5.41, 5.74) is 1.20. The van der Waals surface area contributed by atoms with Crippen molar-refractivity contribution in [1.29, 1.82) is 0 Å². The minimum Gasteiger partial charge on any atom is -0.493 e. The summed E-state index contributed by atoms with van der Waals surface area (Å²) in [5, 5.41) is 0. The van der Waals surface area contributed by atoms with Gasteiger partial charge in [0.05, 0.1) is 13.2 Å². The molecule has 21 heavy (non-hydrogen) atoms. The van der Waals surface area contributed by atoms with E-state index in [4.69, 9.17) is 9.47 Å². The van der Waals surface area contributed by atoms with Gasteiger partial charge in [0, 0.05) is 6.07 Å². The molecule has 0 heterocycles. The highest BCUT2D eigenvalue weighted by molar-refractivity contribution is 5.37. The maximum Gasteiger partial charge on any atom is 0.123 e. The highest BCUT2D eigenvalue weighted by Gasteiger charge is 2.01. The average Bonchev–Trinajstić information content (AvgIpc) is 2.46. The first-order valence-electron chi connectivity index (χ1n) is 8.63. The van der Waals surface area contributed by atoms with E-state index in [9.17, 15) is 0 Å². The van der Waals surface area contributed by atoms with Crippen LogP contribution in [0.5, 0.6) is 11.5 Å². The van der Waals surface area contributed by atoms with E-state index in [2.05, 4.69) is 32.9 Å². The van der Waals surface area contributed by atoms with Crippen LogP contribution in [-0.2, 0) is 0 Å². The zero-order valence-corrected chi connectivity index (χ0v) is 14.1. The van der Waals surface area contributed by atoms with Crippen LogP contribution >= 0.6 is 0 Å². The predicted octanol–water partition coefficient (Wildman–Crippen LogP) is 5.91. The first-order chi connectivity index (χ1) is 10.3. The molecule has 0 aliphatic rings. The molecule has 0 aliphatic heterocycles. The van der Waals surface area contributed by atoms with E-state index in [1.165, 1.54) is 44.1 Å². The van der Waals surface area contributed by atoms with Crippen LogP contribution in [0.2, 0.25) is 0 Å². The molecule has 0 bridgehead atoms. The van der Waals surface area contributed by atoms with E-state index in [-0.39, 0.29) is 0 Å². The molecule has 1 aromatic rings. The molecule has 0 amide bonds. The van der Waals surface area contributed by atoms with E-state index in [1.807, 2.05) is 6.07 Å². The first-order valence-corrected chi connectivity index (χ1v) is 8.63. The van der Waals surface area contributed by atoms with Crippen LogP contribution in [0, 0.1) is 6.92 Å². The fraction of sp³-hybridized carbons (Fsp3) is 0.684. The number of unbranched alkanes of at least 4 members (excludes halogenated alkanes) is 6. The van der Waals surface area contributed by atoms with E-state index in [0.29, 0.717) is 0 Å². The lowest BCUT2D eigenvalue weighted by Gasteiger charge is -2.11. The molecule has 120 valence electrons. The molecule has 2 heteroatoms. The van der Waals surface area contributed by atoms with Crippen molar-refractivity contribution in [3.8, 4) is 11.5 Å². The molecule has 0 unspecified atom stereocenters. The Balaban J connectivity index is 2.32. The van der Waals surface area contributed by atoms with Crippen molar-refractivity contribution in [2.45, 2.75) is 72.1 Å². The number of hydrogen-bond acceptors (Lipinski definition) is 2. The normalized spacial score (nSPS) is 10.6. The van der Waals surface area contributed by atoms with Gasteiger partial charge in [-0.25, -0.2) is 0 Å². The maximum atomic E-state index is 5.84. The Morgan fingerprint density at radius 2 is 1.14 bits per heavy atom. The third kappa shape index (κ3) is 8.64. The van der Waals surface area contributed by atoms with Crippen molar-refractivity contribution >= 4 is 0 Å². The summed E-state index contributed by atoms with van der Waals surface area (Å²) < 4.78 is 11.7. The molecule has 0 atom stereocenters. The monoisotopic (exact) mass is 292 g/mol. The summed E-state index contributed by atoms with van der Waals surface area (Å²) in [7, 11) is 0. The van der Waals surface area contributed by atoms with Crippen LogP contribution < -0.4 is 9.47 Å². The largest absolute Gasteiger partial charge is 0.493 e. The summed E-state index contributed by atoms with van der Waals surface area (Å²) in [4.78, 5) is 0. The minimum atomic E-state index is 0.805. The molecule has 0 aliphatic carbocycles. The SMILES string of the molecule is CCCCCCOc1cc(C)cc(OCCCCCC)c1. The van der Waals surface area contributed by atoms with Gasteiger partial charge in [-0.1, -0.05) is 52.4 Å². The zero-order chi connectivity index (χ0) is 15.3. The zero-order valence-electron chi connectivity index (χ0n) is 14.1. The summed E-state index contributed by atoms with van der Waals surface area (Å²) >= 11 is 0. The first kappa shape index (κ1) is 17.9. The van der Waals surface area contributed by atoms with Crippen LogP contribution in [0.4, 0.5) is 0 Å². The smallest absolute Gasteiger partial charge is 0.123 e. The summed E-state index contributed by atoms with van der Waals surface area (Å²) in [6, 6.07) is 6.19. The summed E-state index contributed by atoms with van der Waals surface area (Å²) in [5.74, 6) is 1.88. The van der Waals surface area contributed by atoms with Crippen molar-refractivity contribution in [2.75, 3.05) is 13.2 Å². The molecular weight excluding hydrogens is 260 g/mol. The van der Waals surface area contributed by atoms with Crippen LogP contribution in [-0.4, -0.2) is 13.2 Å². The van der Waals surface area contributed by atoms with Crippen LogP contribution in [0.15, 0.2) is 18.2 Å². The quantitative estimate of drug-likeness (QED) is 0.446. The topological polar surface area (TPSA) is 18.5 Å². The Bertz CT molecular complexity index is 342. The Labute approximate surface area is 130 Å². The summed E-state index contributed by atoms with van der Waals surface area (Å²) in [6.07, 6.45) is 9.89. The van der Waals surface area contributed by atoms with Crippen molar-refractivity contribution in [3.05, 3.63) is 23.8 Å². The van der Waals surface area contributed by atoms with Gasteiger partial charge in [0.25, 0.3) is 0 Å². The fourth-order valence-electron chi connectivity index (χ4n) is 2.32. The van der Waals surface area contributed by atoms with Crippen LogP contribution in [0.1, 0.15) is 70.8 Å². The molecule has 0 spiro atoms. The standard InChI is InChI=1S/C19H32O2/c1-4-6-8-10-12-20-18-14-17(3)15-19(16-18)21-13-11-9-7-5-2/h14-16H,4-13H2,1-3H3. The van der Waals surface area contributed by atoms with Gasteiger partial charge in [0.1, 0.15) is 11.5 Å². The Hall–Kier alpha value is -1.18. The molecule has 0 fully saturated rings. The van der Waals surface area contributed by atoms with Gasteiger partial charge in [-0.3, -0.25) is 0 Å². The lowest BCUT2D eigenvalue weighted by molar-refractivity contribution is 0.290.